The van der Waals surface area contributed by atoms with Gasteiger partial charge in [0.25, 0.3) is 0 Å². The highest BCUT2D eigenvalue weighted by molar-refractivity contribution is 5.80. The summed E-state index contributed by atoms with van der Waals surface area (Å²) in [6.07, 6.45) is 6.11. The summed E-state index contributed by atoms with van der Waals surface area (Å²) < 4.78 is 0. The van der Waals surface area contributed by atoms with Gasteiger partial charge in [-0.25, -0.2) is 0 Å². The van der Waals surface area contributed by atoms with Crippen LogP contribution in [0.1, 0.15) is 52.5 Å². The molecular formula is C19H26. The second-order valence-corrected chi connectivity index (χ2v) is 6.56. The van der Waals surface area contributed by atoms with Crippen molar-refractivity contribution in [2.45, 2.75) is 47.0 Å². The Kier molecular flexibility index (Phi) is 4.63. The third kappa shape index (κ3) is 3.83. The van der Waals surface area contributed by atoms with Gasteiger partial charge in [0.2, 0.25) is 0 Å². The zero-order valence-electron chi connectivity index (χ0n) is 12.7. The predicted octanol–water partition coefficient (Wildman–Crippen LogP) is 5.86. The van der Waals surface area contributed by atoms with Crippen molar-refractivity contribution < 1.29 is 0 Å². The van der Waals surface area contributed by atoms with Crippen LogP contribution in [0.5, 0.6) is 0 Å². The average molecular weight is 254 g/mol. The summed E-state index contributed by atoms with van der Waals surface area (Å²) in [6.45, 7) is 9.25. The van der Waals surface area contributed by atoms with Crippen LogP contribution in [0.4, 0.5) is 0 Å². The van der Waals surface area contributed by atoms with Crippen molar-refractivity contribution in [3.05, 3.63) is 53.1 Å². The van der Waals surface area contributed by atoms with Gasteiger partial charge in [-0.1, -0.05) is 75.2 Å². The number of rotatable bonds is 5. The molecule has 0 unspecified atom stereocenters. The van der Waals surface area contributed by atoms with E-state index in [1.807, 2.05) is 0 Å². The van der Waals surface area contributed by atoms with Crippen LogP contribution in [0.25, 0.3) is 5.57 Å². The van der Waals surface area contributed by atoms with Crippen LogP contribution in [0.3, 0.4) is 0 Å². The summed E-state index contributed by atoms with van der Waals surface area (Å²) in [7, 11) is 0. The molecule has 102 valence electrons. The van der Waals surface area contributed by atoms with E-state index in [2.05, 4.69) is 64.1 Å². The maximum Gasteiger partial charge on any atom is -0.00957 e. The molecular weight excluding hydrogens is 228 g/mol. The van der Waals surface area contributed by atoms with Gasteiger partial charge >= 0.3 is 0 Å². The standard InChI is InChI=1S/C19H26/c1-14(2)10-16-12-18(11-15(3)4)19(13-16)17-8-6-5-7-9-17/h5-9,13-15H,10-12H2,1-4H3. The second kappa shape index (κ2) is 6.23. The van der Waals surface area contributed by atoms with Crippen molar-refractivity contribution in [2.75, 3.05) is 0 Å². The summed E-state index contributed by atoms with van der Waals surface area (Å²) in [6, 6.07) is 10.9. The Hall–Kier alpha value is -1.30. The quantitative estimate of drug-likeness (QED) is 0.617. The summed E-state index contributed by atoms with van der Waals surface area (Å²) in [4.78, 5) is 0. The topological polar surface area (TPSA) is 0 Å². The van der Waals surface area contributed by atoms with Crippen LogP contribution < -0.4 is 0 Å². The van der Waals surface area contributed by atoms with Crippen LogP contribution >= 0.6 is 0 Å². The molecule has 0 amide bonds. The molecule has 0 aromatic heterocycles. The van der Waals surface area contributed by atoms with E-state index in [1.165, 1.54) is 30.4 Å². The van der Waals surface area contributed by atoms with Crippen molar-refractivity contribution in [3.63, 3.8) is 0 Å². The lowest BCUT2D eigenvalue weighted by Crippen LogP contribution is -1.94. The normalized spacial score (nSPS) is 15.6. The third-order valence-electron chi connectivity index (χ3n) is 3.58. The molecule has 1 aliphatic carbocycles. The SMILES string of the molecule is CC(C)CC1=CC(c2ccccc2)=C(CC(C)C)C1. The monoisotopic (exact) mass is 254 g/mol. The maximum atomic E-state index is 2.45. The number of hydrogen-bond acceptors (Lipinski definition) is 0. The van der Waals surface area contributed by atoms with Crippen LogP contribution in [0.15, 0.2) is 47.6 Å². The molecule has 1 aromatic carbocycles. The summed E-state index contributed by atoms with van der Waals surface area (Å²) in [5, 5.41) is 0. The van der Waals surface area contributed by atoms with E-state index in [9.17, 15) is 0 Å². The fourth-order valence-corrected chi connectivity index (χ4v) is 2.96. The van der Waals surface area contributed by atoms with E-state index >= 15 is 0 Å². The molecule has 0 aliphatic heterocycles. The van der Waals surface area contributed by atoms with Crippen molar-refractivity contribution in [3.8, 4) is 0 Å². The van der Waals surface area contributed by atoms with Gasteiger partial charge in [-0.2, -0.15) is 0 Å². The maximum absolute atomic E-state index is 2.45. The average Bonchev–Trinajstić information content (AvgIpc) is 2.71. The van der Waals surface area contributed by atoms with Crippen molar-refractivity contribution in [1.29, 1.82) is 0 Å². The molecule has 0 spiro atoms. The Morgan fingerprint density at radius 1 is 0.895 bits per heavy atom. The largest absolute Gasteiger partial charge is 0.0653 e. The minimum atomic E-state index is 0.737. The minimum absolute atomic E-state index is 0.737. The Morgan fingerprint density at radius 2 is 1.53 bits per heavy atom. The number of hydrogen-bond donors (Lipinski definition) is 0. The first-order valence-corrected chi connectivity index (χ1v) is 7.53. The first-order chi connectivity index (χ1) is 9.06. The zero-order chi connectivity index (χ0) is 13.8. The molecule has 0 heteroatoms. The first kappa shape index (κ1) is 14.1. The Balaban J connectivity index is 2.27. The van der Waals surface area contributed by atoms with Crippen molar-refractivity contribution in [1.82, 2.24) is 0 Å². The molecule has 0 saturated carbocycles. The van der Waals surface area contributed by atoms with Gasteiger partial charge in [0.1, 0.15) is 0 Å². The smallest absolute Gasteiger partial charge is 0.00957 e. The highest BCUT2D eigenvalue weighted by Crippen LogP contribution is 2.38. The van der Waals surface area contributed by atoms with Crippen LogP contribution in [-0.4, -0.2) is 0 Å². The van der Waals surface area contributed by atoms with E-state index in [4.69, 9.17) is 0 Å². The molecule has 0 radical (unpaired) electrons. The van der Waals surface area contributed by atoms with Crippen molar-refractivity contribution in [2.24, 2.45) is 11.8 Å². The highest BCUT2D eigenvalue weighted by atomic mass is 14.2. The van der Waals surface area contributed by atoms with E-state index < -0.39 is 0 Å². The molecule has 0 saturated heterocycles. The van der Waals surface area contributed by atoms with Gasteiger partial charge < -0.3 is 0 Å². The van der Waals surface area contributed by atoms with E-state index in [-0.39, 0.29) is 0 Å². The van der Waals surface area contributed by atoms with E-state index in [0.717, 1.165) is 11.8 Å². The molecule has 0 heterocycles. The molecule has 0 nitrogen and oxygen atoms in total. The molecule has 0 fully saturated rings. The molecule has 1 aliphatic rings. The molecule has 0 atom stereocenters. The van der Waals surface area contributed by atoms with Crippen LogP contribution in [0.2, 0.25) is 0 Å². The van der Waals surface area contributed by atoms with Crippen LogP contribution in [0, 0.1) is 11.8 Å². The van der Waals surface area contributed by atoms with Gasteiger partial charge in [-0.3, -0.25) is 0 Å². The van der Waals surface area contributed by atoms with E-state index in [1.54, 1.807) is 11.1 Å². The summed E-state index contributed by atoms with van der Waals surface area (Å²) >= 11 is 0. The molecule has 1 aromatic rings. The molecule has 0 bridgehead atoms. The van der Waals surface area contributed by atoms with Gasteiger partial charge in [-0.05, 0) is 42.2 Å². The highest BCUT2D eigenvalue weighted by Gasteiger charge is 2.18. The lowest BCUT2D eigenvalue weighted by molar-refractivity contribution is 0.613. The lowest BCUT2D eigenvalue weighted by Gasteiger charge is -2.11. The molecule has 0 N–H and O–H groups in total. The summed E-state index contributed by atoms with van der Waals surface area (Å²) in [5.41, 5.74) is 6.13. The number of allylic oxidation sites excluding steroid dienone is 4. The zero-order valence-corrected chi connectivity index (χ0v) is 12.7. The van der Waals surface area contributed by atoms with Crippen LogP contribution in [-0.2, 0) is 0 Å². The van der Waals surface area contributed by atoms with Gasteiger partial charge in [0.05, 0.1) is 0 Å². The Morgan fingerprint density at radius 3 is 2.11 bits per heavy atom. The fourth-order valence-electron chi connectivity index (χ4n) is 2.96. The molecule has 2 rings (SSSR count). The minimum Gasteiger partial charge on any atom is -0.0653 e. The first-order valence-electron chi connectivity index (χ1n) is 7.53. The van der Waals surface area contributed by atoms with Gasteiger partial charge in [-0.15, -0.1) is 0 Å². The van der Waals surface area contributed by atoms with Crippen molar-refractivity contribution >= 4 is 5.57 Å². The Labute approximate surface area is 118 Å². The fraction of sp³-hybridized carbons (Fsp3) is 0.474. The molecule has 19 heavy (non-hydrogen) atoms. The number of benzene rings is 1. The third-order valence-corrected chi connectivity index (χ3v) is 3.58. The van der Waals surface area contributed by atoms with Gasteiger partial charge in [0.15, 0.2) is 0 Å². The van der Waals surface area contributed by atoms with Gasteiger partial charge in [0, 0.05) is 0 Å². The lowest BCUT2D eigenvalue weighted by atomic mass is 9.94. The Bertz CT molecular complexity index is 472. The van der Waals surface area contributed by atoms with E-state index in [0.29, 0.717) is 0 Å². The summed E-state index contributed by atoms with van der Waals surface area (Å²) in [5.74, 6) is 1.49. The predicted molar refractivity (Wildman–Crippen MR) is 85.0 cm³/mol. The second-order valence-electron chi connectivity index (χ2n) is 6.56.